The molecule has 4 rings (SSSR count). The molecule has 8 heteroatoms. The van der Waals surface area contributed by atoms with Gasteiger partial charge < -0.3 is 14.5 Å². The molecule has 0 saturated carbocycles. The Kier molecular flexibility index (Phi) is 7.32. The molecule has 0 atom stereocenters. The monoisotopic (exact) mass is 467 g/mol. The summed E-state index contributed by atoms with van der Waals surface area (Å²) < 4.78 is 10.9. The van der Waals surface area contributed by atoms with Crippen molar-refractivity contribution >= 4 is 34.0 Å². The fraction of sp³-hybridized carbons (Fsp3) is 0.208. The average Bonchev–Trinajstić information content (AvgIpc) is 3.47. The van der Waals surface area contributed by atoms with Gasteiger partial charge in [0.15, 0.2) is 16.8 Å². The molecule has 0 aliphatic heterocycles. The van der Waals surface area contributed by atoms with Gasteiger partial charge in [-0.15, -0.1) is 11.3 Å². The Morgan fingerprint density at radius 2 is 1.84 bits per heavy atom. The Hall–Kier alpha value is -3.00. The third-order valence-electron chi connectivity index (χ3n) is 4.84. The van der Waals surface area contributed by atoms with Crippen LogP contribution in [0.2, 0.25) is 5.02 Å². The molecular formula is C24H22ClN3O3S. The zero-order valence-electron chi connectivity index (χ0n) is 17.5. The second kappa shape index (κ2) is 10.5. The Balaban J connectivity index is 1.29. The molecule has 4 aromatic rings. The van der Waals surface area contributed by atoms with E-state index in [9.17, 15) is 4.79 Å². The molecule has 6 nitrogen and oxygen atoms in total. The smallest absolute Gasteiger partial charge is 0.226 e. The second-order valence-electron chi connectivity index (χ2n) is 7.15. The highest BCUT2D eigenvalue weighted by molar-refractivity contribution is 7.14. The van der Waals surface area contributed by atoms with Crippen LogP contribution in [0.1, 0.15) is 17.9 Å². The Morgan fingerprint density at radius 3 is 2.59 bits per heavy atom. The maximum Gasteiger partial charge on any atom is 0.226 e. The number of halogens is 1. The van der Waals surface area contributed by atoms with Gasteiger partial charge in [-0.05, 0) is 36.2 Å². The first kappa shape index (κ1) is 22.2. The van der Waals surface area contributed by atoms with Crippen LogP contribution in [-0.2, 0) is 22.4 Å². The van der Waals surface area contributed by atoms with E-state index >= 15 is 0 Å². The van der Waals surface area contributed by atoms with Crippen molar-refractivity contribution in [2.24, 2.45) is 0 Å². The number of nitrogens with one attached hydrogen (secondary N) is 1. The molecule has 0 aliphatic carbocycles. The van der Waals surface area contributed by atoms with Gasteiger partial charge in [0.2, 0.25) is 5.91 Å². The van der Waals surface area contributed by atoms with Crippen LogP contribution in [0.3, 0.4) is 0 Å². The molecular weight excluding hydrogens is 446 g/mol. The number of anilines is 1. The Bertz CT molecular complexity index is 1170. The summed E-state index contributed by atoms with van der Waals surface area (Å²) >= 11 is 7.32. The van der Waals surface area contributed by atoms with Gasteiger partial charge in [0, 0.05) is 41.5 Å². The van der Waals surface area contributed by atoms with E-state index < -0.39 is 0 Å². The quantitative estimate of drug-likeness (QED) is 0.332. The number of nitrogens with zero attached hydrogens (tertiary/aromatic N) is 2. The fourth-order valence-electron chi connectivity index (χ4n) is 3.10. The third-order valence-corrected chi connectivity index (χ3v) is 5.85. The van der Waals surface area contributed by atoms with Crippen molar-refractivity contribution in [1.82, 2.24) is 9.97 Å². The molecule has 1 amide bonds. The van der Waals surface area contributed by atoms with Crippen LogP contribution >= 0.6 is 22.9 Å². The summed E-state index contributed by atoms with van der Waals surface area (Å²) in [5, 5.41) is 6.02. The number of hydrogen-bond acceptors (Lipinski definition) is 6. The molecule has 32 heavy (non-hydrogen) atoms. The summed E-state index contributed by atoms with van der Waals surface area (Å²) in [6.07, 6.45) is 3.19. The van der Waals surface area contributed by atoms with E-state index in [1.54, 1.807) is 25.4 Å². The van der Waals surface area contributed by atoms with Crippen LogP contribution in [0.4, 0.5) is 5.13 Å². The van der Waals surface area contributed by atoms with E-state index in [4.69, 9.17) is 20.8 Å². The SMILES string of the molecule is COCCc1ccc(-c2csc(NC(=O)CCc3ncc(-c4ccc(Cl)cc4)o3)n2)cc1. The molecule has 164 valence electrons. The maximum absolute atomic E-state index is 12.4. The molecule has 0 spiro atoms. The van der Waals surface area contributed by atoms with Crippen LogP contribution in [0, 0.1) is 0 Å². The predicted octanol–water partition coefficient (Wildman–Crippen LogP) is 5.88. The minimum atomic E-state index is -0.132. The number of rotatable bonds is 9. The minimum absolute atomic E-state index is 0.132. The third kappa shape index (κ3) is 5.82. The molecule has 1 N–H and O–H groups in total. The van der Waals surface area contributed by atoms with Gasteiger partial charge >= 0.3 is 0 Å². The molecule has 2 heterocycles. The van der Waals surface area contributed by atoms with Crippen molar-refractivity contribution < 1.29 is 13.9 Å². The lowest BCUT2D eigenvalue weighted by atomic mass is 10.1. The van der Waals surface area contributed by atoms with Crippen LogP contribution in [-0.4, -0.2) is 29.6 Å². The minimum Gasteiger partial charge on any atom is -0.441 e. The van der Waals surface area contributed by atoms with E-state index in [-0.39, 0.29) is 12.3 Å². The van der Waals surface area contributed by atoms with Crippen molar-refractivity contribution in [2.75, 3.05) is 19.0 Å². The van der Waals surface area contributed by atoms with Crippen molar-refractivity contribution in [2.45, 2.75) is 19.3 Å². The number of oxazole rings is 1. The lowest BCUT2D eigenvalue weighted by molar-refractivity contribution is -0.116. The number of carbonyl (C=O) groups is 1. The van der Waals surface area contributed by atoms with Crippen molar-refractivity contribution in [3.05, 3.63) is 76.6 Å². The van der Waals surface area contributed by atoms with Gasteiger partial charge in [-0.2, -0.15) is 0 Å². The fourth-order valence-corrected chi connectivity index (χ4v) is 3.96. The van der Waals surface area contributed by atoms with Gasteiger partial charge in [-0.1, -0.05) is 35.9 Å². The van der Waals surface area contributed by atoms with Gasteiger partial charge in [0.25, 0.3) is 0 Å². The Morgan fingerprint density at radius 1 is 1.09 bits per heavy atom. The molecule has 0 unspecified atom stereocenters. The van der Waals surface area contributed by atoms with Crippen molar-refractivity contribution in [3.63, 3.8) is 0 Å². The molecule has 0 saturated heterocycles. The lowest BCUT2D eigenvalue weighted by Gasteiger charge is -2.02. The predicted molar refractivity (Wildman–Crippen MR) is 127 cm³/mol. The maximum atomic E-state index is 12.4. The number of aryl methyl sites for hydroxylation is 1. The first-order valence-corrected chi connectivity index (χ1v) is 11.4. The molecule has 2 aromatic heterocycles. The summed E-state index contributed by atoms with van der Waals surface area (Å²) in [7, 11) is 1.70. The number of amides is 1. The van der Waals surface area contributed by atoms with Gasteiger partial charge in [-0.25, -0.2) is 9.97 Å². The van der Waals surface area contributed by atoms with Crippen LogP contribution < -0.4 is 5.32 Å². The number of methoxy groups -OCH3 is 1. The number of hydrogen-bond donors (Lipinski definition) is 1. The highest BCUT2D eigenvalue weighted by Gasteiger charge is 2.11. The molecule has 0 radical (unpaired) electrons. The summed E-state index contributed by atoms with van der Waals surface area (Å²) in [6, 6.07) is 15.5. The topological polar surface area (TPSA) is 77.2 Å². The number of carbonyl (C=O) groups excluding carboxylic acids is 1. The van der Waals surface area contributed by atoms with Gasteiger partial charge in [0.1, 0.15) is 0 Å². The summed E-state index contributed by atoms with van der Waals surface area (Å²) in [6.45, 7) is 0.697. The van der Waals surface area contributed by atoms with E-state index in [1.165, 1.54) is 16.9 Å². The van der Waals surface area contributed by atoms with Crippen LogP contribution in [0.25, 0.3) is 22.6 Å². The number of thiazole rings is 1. The summed E-state index contributed by atoms with van der Waals surface area (Å²) in [4.78, 5) is 21.1. The molecule has 0 fully saturated rings. The Labute approximate surface area is 195 Å². The summed E-state index contributed by atoms with van der Waals surface area (Å²) in [5.74, 6) is 1.03. The zero-order chi connectivity index (χ0) is 22.3. The van der Waals surface area contributed by atoms with Gasteiger partial charge in [-0.3, -0.25) is 4.79 Å². The second-order valence-corrected chi connectivity index (χ2v) is 8.45. The highest BCUT2D eigenvalue weighted by Crippen LogP contribution is 2.26. The molecule has 2 aromatic carbocycles. The van der Waals surface area contributed by atoms with Crippen LogP contribution in [0.15, 0.2) is 64.5 Å². The largest absolute Gasteiger partial charge is 0.441 e. The number of benzene rings is 2. The number of ether oxygens (including phenoxy) is 1. The zero-order valence-corrected chi connectivity index (χ0v) is 19.1. The standard InChI is InChI=1S/C24H22ClN3O3S/c1-30-13-12-16-2-4-17(5-3-16)20-15-32-24(27-20)28-22(29)10-11-23-26-14-21(31-23)18-6-8-19(25)9-7-18/h2-9,14-15H,10-13H2,1H3,(H,27,28,29). The van der Waals surface area contributed by atoms with E-state index in [1.807, 2.05) is 29.6 Å². The van der Waals surface area contributed by atoms with E-state index in [0.717, 1.165) is 23.2 Å². The van der Waals surface area contributed by atoms with Crippen LogP contribution in [0.5, 0.6) is 0 Å². The van der Waals surface area contributed by atoms with E-state index in [0.29, 0.717) is 34.8 Å². The molecule has 0 bridgehead atoms. The lowest BCUT2D eigenvalue weighted by Crippen LogP contribution is -2.12. The normalized spacial score (nSPS) is 10.9. The summed E-state index contributed by atoms with van der Waals surface area (Å²) in [5.41, 5.74) is 3.95. The first-order chi connectivity index (χ1) is 15.6. The molecule has 0 aliphatic rings. The van der Waals surface area contributed by atoms with E-state index in [2.05, 4.69) is 27.4 Å². The van der Waals surface area contributed by atoms with Crippen molar-refractivity contribution in [3.8, 4) is 22.6 Å². The number of aromatic nitrogens is 2. The highest BCUT2D eigenvalue weighted by atomic mass is 35.5. The first-order valence-electron chi connectivity index (χ1n) is 10.1. The van der Waals surface area contributed by atoms with Crippen molar-refractivity contribution in [1.29, 1.82) is 0 Å². The van der Waals surface area contributed by atoms with Gasteiger partial charge in [0.05, 0.1) is 18.5 Å². The average molecular weight is 468 g/mol.